The molecule has 0 atom stereocenters. The van der Waals surface area contributed by atoms with Crippen molar-refractivity contribution in [3.05, 3.63) is 88.5 Å². The van der Waals surface area contributed by atoms with E-state index in [0.717, 1.165) is 24.0 Å². The Balaban J connectivity index is 1.51. The van der Waals surface area contributed by atoms with Gasteiger partial charge in [-0.1, -0.05) is 42.5 Å². The number of amides is 1. The number of hydrogen-bond donors (Lipinski definition) is 1. The fourth-order valence-corrected chi connectivity index (χ4v) is 3.86. The van der Waals surface area contributed by atoms with Crippen LogP contribution in [0.3, 0.4) is 0 Å². The molecule has 0 saturated heterocycles. The molecule has 0 spiro atoms. The number of methoxy groups -OCH3 is 2. The van der Waals surface area contributed by atoms with Crippen LogP contribution in [0.2, 0.25) is 0 Å². The molecule has 7 heteroatoms. The zero-order chi connectivity index (χ0) is 22.9. The van der Waals surface area contributed by atoms with Crippen molar-refractivity contribution >= 4 is 16.8 Å². The first-order valence-electron chi connectivity index (χ1n) is 10.7. The number of hydrogen-bond acceptors (Lipinski definition) is 5. The molecule has 7 nitrogen and oxygen atoms in total. The van der Waals surface area contributed by atoms with Gasteiger partial charge in [-0.05, 0) is 42.2 Å². The minimum Gasteiger partial charge on any atom is -0.493 e. The van der Waals surface area contributed by atoms with Crippen molar-refractivity contribution < 1.29 is 14.3 Å². The van der Waals surface area contributed by atoms with Gasteiger partial charge >= 0.3 is 0 Å². The van der Waals surface area contributed by atoms with Crippen molar-refractivity contribution in [2.75, 3.05) is 19.6 Å². The van der Waals surface area contributed by atoms with Crippen LogP contribution in [-0.2, 0) is 0 Å². The summed E-state index contributed by atoms with van der Waals surface area (Å²) in [7, 11) is 3.05. The molecule has 4 aromatic rings. The highest BCUT2D eigenvalue weighted by atomic mass is 16.5. The molecule has 33 heavy (non-hydrogen) atoms. The van der Waals surface area contributed by atoms with Gasteiger partial charge in [-0.15, -0.1) is 0 Å². The molecule has 3 aromatic carbocycles. The summed E-state index contributed by atoms with van der Waals surface area (Å²) in [5, 5.41) is 0.344. The quantitative estimate of drug-likeness (QED) is 0.481. The van der Waals surface area contributed by atoms with Gasteiger partial charge in [-0.25, -0.2) is 9.66 Å². The summed E-state index contributed by atoms with van der Waals surface area (Å²) in [6.07, 6.45) is 1.85. The molecule has 1 aromatic heterocycles. The lowest BCUT2D eigenvalue weighted by molar-refractivity contribution is 0.101. The van der Waals surface area contributed by atoms with E-state index in [1.807, 2.05) is 42.5 Å². The van der Waals surface area contributed by atoms with Gasteiger partial charge in [0.05, 0.1) is 25.1 Å². The van der Waals surface area contributed by atoms with E-state index in [1.165, 1.54) is 18.9 Å². The lowest BCUT2D eigenvalue weighted by Gasteiger charge is -2.15. The molecule has 1 heterocycles. The van der Waals surface area contributed by atoms with Crippen LogP contribution in [0.15, 0.2) is 71.5 Å². The number of nitrogens with one attached hydrogen (secondary N) is 1. The first kappa shape index (κ1) is 20.8. The summed E-state index contributed by atoms with van der Waals surface area (Å²) in [4.78, 5) is 31.1. The van der Waals surface area contributed by atoms with Crippen LogP contribution in [-0.4, -0.2) is 29.8 Å². The summed E-state index contributed by atoms with van der Waals surface area (Å²) in [6, 6.07) is 20.5. The second-order valence-corrected chi connectivity index (χ2v) is 7.99. The summed E-state index contributed by atoms with van der Waals surface area (Å²) in [5.41, 5.74) is 5.46. The molecular weight excluding hydrogens is 418 g/mol. The van der Waals surface area contributed by atoms with Crippen LogP contribution in [0.25, 0.3) is 22.0 Å². The van der Waals surface area contributed by atoms with E-state index in [-0.39, 0.29) is 17.4 Å². The van der Waals surface area contributed by atoms with Gasteiger partial charge in [0.25, 0.3) is 11.5 Å². The number of aromatic nitrogens is 2. The van der Waals surface area contributed by atoms with Crippen molar-refractivity contribution in [3.63, 3.8) is 0 Å². The maximum Gasteiger partial charge on any atom is 0.280 e. The number of carbonyl (C=O) groups is 1. The normalized spacial score (nSPS) is 13.0. The second-order valence-electron chi connectivity index (χ2n) is 7.99. The molecule has 1 aliphatic rings. The van der Waals surface area contributed by atoms with Crippen molar-refractivity contribution in [2.45, 2.75) is 18.8 Å². The van der Waals surface area contributed by atoms with E-state index in [0.29, 0.717) is 33.8 Å². The highest BCUT2D eigenvalue weighted by molar-refractivity contribution is 6.00. The Hall–Kier alpha value is -4.13. The first-order valence-corrected chi connectivity index (χ1v) is 10.7. The standard InChI is InChI=1S/C26H23N3O4/c1-32-22-14-20-21(15-23(22)33-2)27-24(18-10-11-18)29(26(20)31)28-25(30)19-12-8-17(9-13-19)16-6-4-3-5-7-16/h3-9,12-15,18H,10-11H2,1-2H3,(H,28,30). The van der Waals surface area contributed by atoms with E-state index in [2.05, 4.69) is 5.43 Å². The molecule has 0 aliphatic heterocycles. The maximum absolute atomic E-state index is 13.4. The second kappa shape index (κ2) is 8.43. The number of carbonyl (C=O) groups excluding carboxylic acids is 1. The van der Waals surface area contributed by atoms with E-state index in [4.69, 9.17) is 14.5 Å². The molecule has 1 saturated carbocycles. The van der Waals surface area contributed by atoms with Crippen LogP contribution >= 0.6 is 0 Å². The third kappa shape index (κ3) is 3.93. The highest BCUT2D eigenvalue weighted by Crippen LogP contribution is 2.39. The average molecular weight is 441 g/mol. The minimum atomic E-state index is -0.375. The lowest BCUT2D eigenvalue weighted by Crippen LogP contribution is -2.36. The number of ether oxygens (including phenoxy) is 2. The zero-order valence-corrected chi connectivity index (χ0v) is 18.4. The van der Waals surface area contributed by atoms with Gasteiger partial charge in [0.15, 0.2) is 11.5 Å². The first-order chi connectivity index (χ1) is 16.1. The summed E-state index contributed by atoms with van der Waals surface area (Å²) in [6.45, 7) is 0. The largest absolute Gasteiger partial charge is 0.493 e. The molecule has 0 bridgehead atoms. The van der Waals surface area contributed by atoms with Crippen LogP contribution in [0.1, 0.15) is 34.9 Å². The lowest BCUT2D eigenvalue weighted by atomic mass is 10.0. The number of nitrogens with zero attached hydrogens (tertiary/aromatic N) is 2. The Morgan fingerprint density at radius 3 is 2.21 bits per heavy atom. The van der Waals surface area contributed by atoms with Gasteiger partial charge in [0.2, 0.25) is 0 Å². The van der Waals surface area contributed by atoms with E-state index in [1.54, 1.807) is 24.3 Å². The third-order valence-corrected chi connectivity index (χ3v) is 5.81. The average Bonchev–Trinajstić information content (AvgIpc) is 3.71. The van der Waals surface area contributed by atoms with Crippen molar-refractivity contribution in [1.82, 2.24) is 9.66 Å². The Kier molecular flexibility index (Phi) is 5.30. The van der Waals surface area contributed by atoms with Gasteiger partial charge in [-0.3, -0.25) is 15.0 Å². The number of fused-ring (bicyclic) bond motifs is 1. The fraction of sp³-hybridized carbons (Fsp3) is 0.192. The molecule has 1 N–H and O–H groups in total. The number of benzene rings is 3. The predicted octanol–water partition coefficient (Wildman–Crippen LogP) is 4.34. The molecular formula is C26H23N3O4. The van der Waals surface area contributed by atoms with Gasteiger partial charge < -0.3 is 9.47 Å². The molecule has 1 aliphatic carbocycles. The van der Waals surface area contributed by atoms with E-state index >= 15 is 0 Å². The third-order valence-electron chi connectivity index (χ3n) is 5.81. The Labute approximate surface area is 190 Å². The minimum absolute atomic E-state index is 0.135. The van der Waals surface area contributed by atoms with Crippen molar-refractivity contribution in [2.24, 2.45) is 0 Å². The van der Waals surface area contributed by atoms with Crippen molar-refractivity contribution in [3.8, 4) is 22.6 Å². The highest BCUT2D eigenvalue weighted by Gasteiger charge is 2.30. The van der Waals surface area contributed by atoms with Crippen LogP contribution in [0.5, 0.6) is 11.5 Å². The molecule has 166 valence electrons. The van der Waals surface area contributed by atoms with Crippen LogP contribution in [0.4, 0.5) is 0 Å². The van der Waals surface area contributed by atoms with Crippen molar-refractivity contribution in [1.29, 1.82) is 0 Å². The van der Waals surface area contributed by atoms with Gasteiger partial charge in [0.1, 0.15) is 5.82 Å². The molecule has 0 unspecified atom stereocenters. The van der Waals surface area contributed by atoms with Crippen LogP contribution in [0, 0.1) is 0 Å². The van der Waals surface area contributed by atoms with Crippen LogP contribution < -0.4 is 20.5 Å². The van der Waals surface area contributed by atoms with Gasteiger partial charge in [-0.2, -0.15) is 0 Å². The van der Waals surface area contributed by atoms with E-state index in [9.17, 15) is 9.59 Å². The summed E-state index contributed by atoms with van der Waals surface area (Å²) >= 11 is 0. The Bertz CT molecular complexity index is 1390. The fourth-order valence-electron chi connectivity index (χ4n) is 3.86. The molecule has 5 rings (SSSR count). The zero-order valence-electron chi connectivity index (χ0n) is 18.4. The van der Waals surface area contributed by atoms with Gasteiger partial charge in [0, 0.05) is 17.5 Å². The Morgan fingerprint density at radius 1 is 0.939 bits per heavy atom. The molecule has 1 amide bonds. The Morgan fingerprint density at radius 2 is 1.58 bits per heavy atom. The SMILES string of the molecule is COc1cc2nc(C3CC3)n(NC(=O)c3ccc(-c4ccccc4)cc3)c(=O)c2cc1OC. The monoisotopic (exact) mass is 441 g/mol. The summed E-state index contributed by atoms with van der Waals surface area (Å²) in [5.74, 6) is 1.24. The number of rotatable bonds is 6. The topological polar surface area (TPSA) is 82.5 Å². The maximum atomic E-state index is 13.4. The van der Waals surface area contributed by atoms with E-state index < -0.39 is 0 Å². The molecule has 0 radical (unpaired) electrons. The summed E-state index contributed by atoms with van der Waals surface area (Å²) < 4.78 is 12.0. The predicted molar refractivity (Wildman–Crippen MR) is 127 cm³/mol. The molecule has 1 fully saturated rings. The smallest absolute Gasteiger partial charge is 0.280 e.